The SMILES string of the molecule is CC(C)(C)OC(=O)NC(C1CCC(c2cnc(Sc3cccc(N)c3Cl)c(N)n2)C1)C(F)(F)F. The van der Waals surface area contributed by atoms with Crippen molar-refractivity contribution in [1.82, 2.24) is 15.3 Å². The van der Waals surface area contributed by atoms with Gasteiger partial charge in [0.15, 0.2) is 5.82 Å². The van der Waals surface area contributed by atoms with Crippen LogP contribution in [-0.4, -0.2) is 33.9 Å². The fraction of sp³-hybridized carbons (Fsp3) is 0.500. The number of anilines is 2. The molecule has 1 heterocycles. The zero-order chi connectivity index (χ0) is 25.3. The Morgan fingerprint density at radius 1 is 1.26 bits per heavy atom. The molecule has 2 aromatic rings. The lowest BCUT2D eigenvalue weighted by Crippen LogP contribution is -2.50. The summed E-state index contributed by atoms with van der Waals surface area (Å²) < 4.78 is 46.2. The number of alkyl halides is 3. The van der Waals surface area contributed by atoms with Gasteiger partial charge >= 0.3 is 12.3 Å². The van der Waals surface area contributed by atoms with Gasteiger partial charge in [0, 0.05) is 10.8 Å². The lowest BCUT2D eigenvalue weighted by Gasteiger charge is -2.29. The predicted molar refractivity (Wildman–Crippen MR) is 126 cm³/mol. The van der Waals surface area contributed by atoms with E-state index in [2.05, 4.69) is 9.97 Å². The number of nitrogens with zero attached hydrogens (tertiary/aromatic N) is 2. The summed E-state index contributed by atoms with van der Waals surface area (Å²) in [6, 6.07) is 3.18. The van der Waals surface area contributed by atoms with Crippen LogP contribution in [0.5, 0.6) is 0 Å². The first kappa shape index (κ1) is 26.2. The largest absolute Gasteiger partial charge is 0.444 e. The van der Waals surface area contributed by atoms with E-state index >= 15 is 0 Å². The van der Waals surface area contributed by atoms with E-state index in [4.69, 9.17) is 27.8 Å². The number of alkyl carbamates (subject to hydrolysis) is 1. The molecule has 1 fully saturated rings. The van der Waals surface area contributed by atoms with Gasteiger partial charge in [-0.3, -0.25) is 0 Å². The van der Waals surface area contributed by atoms with Crippen molar-refractivity contribution < 1.29 is 22.7 Å². The van der Waals surface area contributed by atoms with Crippen molar-refractivity contribution in [3.63, 3.8) is 0 Å². The highest BCUT2D eigenvalue weighted by atomic mass is 35.5. The topological polar surface area (TPSA) is 116 Å². The highest BCUT2D eigenvalue weighted by Crippen LogP contribution is 2.44. The summed E-state index contributed by atoms with van der Waals surface area (Å²) in [5.41, 5.74) is 11.9. The second kappa shape index (κ2) is 10.1. The van der Waals surface area contributed by atoms with E-state index in [1.807, 2.05) is 5.32 Å². The molecule has 1 aliphatic rings. The Bertz CT molecular complexity index is 1050. The number of benzene rings is 1. The van der Waals surface area contributed by atoms with E-state index in [9.17, 15) is 18.0 Å². The zero-order valence-electron chi connectivity index (χ0n) is 18.9. The lowest BCUT2D eigenvalue weighted by molar-refractivity contribution is -0.166. The third kappa shape index (κ3) is 6.59. The van der Waals surface area contributed by atoms with Crippen LogP contribution >= 0.6 is 23.4 Å². The Labute approximate surface area is 205 Å². The Kier molecular flexibility index (Phi) is 7.76. The minimum atomic E-state index is -4.61. The van der Waals surface area contributed by atoms with Gasteiger partial charge in [0.25, 0.3) is 0 Å². The fourth-order valence-corrected chi connectivity index (χ4v) is 4.94. The van der Waals surface area contributed by atoms with E-state index in [-0.39, 0.29) is 24.6 Å². The van der Waals surface area contributed by atoms with Gasteiger partial charge in [0.1, 0.15) is 16.7 Å². The highest BCUT2D eigenvalue weighted by molar-refractivity contribution is 7.99. The summed E-state index contributed by atoms with van der Waals surface area (Å²) in [5, 5.41) is 2.82. The van der Waals surface area contributed by atoms with E-state index in [0.29, 0.717) is 32.7 Å². The summed E-state index contributed by atoms with van der Waals surface area (Å²) in [5.74, 6) is -0.926. The number of hydrogen-bond acceptors (Lipinski definition) is 7. The molecule has 1 aliphatic carbocycles. The molecular weight excluding hydrogens is 491 g/mol. The van der Waals surface area contributed by atoms with Crippen LogP contribution in [-0.2, 0) is 4.74 Å². The number of aromatic nitrogens is 2. The number of ether oxygens (including phenoxy) is 1. The minimum Gasteiger partial charge on any atom is -0.444 e. The van der Waals surface area contributed by atoms with Crippen molar-refractivity contribution >= 4 is 41.0 Å². The van der Waals surface area contributed by atoms with Crippen molar-refractivity contribution in [2.24, 2.45) is 5.92 Å². The zero-order valence-corrected chi connectivity index (χ0v) is 20.5. The molecule has 0 spiro atoms. The van der Waals surface area contributed by atoms with Crippen molar-refractivity contribution in [2.45, 2.75) is 73.7 Å². The van der Waals surface area contributed by atoms with Crippen LogP contribution in [0, 0.1) is 5.92 Å². The first-order valence-corrected chi connectivity index (χ1v) is 11.8. The molecule has 0 bridgehead atoms. The number of amides is 1. The number of carbonyl (C=O) groups excluding carboxylic acids is 1. The molecule has 5 N–H and O–H groups in total. The molecule has 1 saturated carbocycles. The smallest absolute Gasteiger partial charge is 0.409 e. The Morgan fingerprint density at radius 3 is 2.59 bits per heavy atom. The van der Waals surface area contributed by atoms with Crippen LogP contribution in [0.2, 0.25) is 5.02 Å². The van der Waals surface area contributed by atoms with Crippen molar-refractivity contribution in [2.75, 3.05) is 11.5 Å². The maximum Gasteiger partial charge on any atom is 0.409 e. The Balaban J connectivity index is 1.71. The van der Waals surface area contributed by atoms with Crippen LogP contribution < -0.4 is 16.8 Å². The summed E-state index contributed by atoms with van der Waals surface area (Å²) >= 11 is 7.42. The molecule has 34 heavy (non-hydrogen) atoms. The summed E-state index contributed by atoms with van der Waals surface area (Å²) in [6.07, 6.45) is -3.27. The summed E-state index contributed by atoms with van der Waals surface area (Å²) in [6.45, 7) is 4.77. The summed E-state index contributed by atoms with van der Waals surface area (Å²) in [7, 11) is 0. The van der Waals surface area contributed by atoms with Crippen molar-refractivity contribution in [3.8, 4) is 0 Å². The minimum absolute atomic E-state index is 0.156. The molecule has 186 valence electrons. The number of halogens is 4. The van der Waals surface area contributed by atoms with E-state index in [1.54, 1.807) is 39.0 Å². The van der Waals surface area contributed by atoms with Gasteiger partial charge in [0.2, 0.25) is 0 Å². The maximum absolute atomic E-state index is 13.7. The molecular formula is C22H27ClF3N5O2S. The van der Waals surface area contributed by atoms with Gasteiger partial charge in [-0.15, -0.1) is 0 Å². The number of hydrogen-bond donors (Lipinski definition) is 3. The molecule has 0 radical (unpaired) electrons. The predicted octanol–water partition coefficient (Wildman–Crippen LogP) is 5.78. The number of carbonyl (C=O) groups is 1. The molecule has 12 heteroatoms. The first-order chi connectivity index (χ1) is 15.7. The van der Waals surface area contributed by atoms with E-state index in [1.165, 1.54) is 18.0 Å². The van der Waals surface area contributed by atoms with Gasteiger partial charge in [-0.1, -0.05) is 29.4 Å². The monoisotopic (exact) mass is 517 g/mol. The Hall–Kier alpha value is -2.40. The summed E-state index contributed by atoms with van der Waals surface area (Å²) in [4.78, 5) is 21.4. The second-order valence-corrected chi connectivity index (χ2v) is 10.6. The molecule has 7 nitrogen and oxygen atoms in total. The third-order valence-electron chi connectivity index (χ3n) is 5.37. The normalized spacial score (nSPS) is 19.6. The number of nitrogen functional groups attached to an aromatic ring is 2. The maximum atomic E-state index is 13.7. The molecule has 1 aromatic heterocycles. The van der Waals surface area contributed by atoms with E-state index < -0.39 is 29.8 Å². The third-order valence-corrected chi connectivity index (χ3v) is 6.97. The highest BCUT2D eigenvalue weighted by Gasteiger charge is 2.48. The quantitative estimate of drug-likeness (QED) is 0.430. The number of nitrogens with one attached hydrogen (secondary N) is 1. The lowest BCUT2D eigenvalue weighted by atomic mass is 9.95. The molecule has 1 aromatic carbocycles. The van der Waals surface area contributed by atoms with Gasteiger partial charge in [-0.25, -0.2) is 14.8 Å². The standard InChI is InChI=1S/C22H27ClF3N5O2S/c1-21(2,3)33-20(32)31-17(22(24,25)26)12-8-7-11(9-12)14-10-29-19(18(28)30-14)34-15-6-4-5-13(27)16(15)23/h4-6,10-12,17H,7-9,27H2,1-3H3,(H2,28,30)(H,31,32). The average molecular weight is 518 g/mol. The van der Waals surface area contributed by atoms with Crippen LogP contribution in [0.1, 0.15) is 51.6 Å². The molecule has 0 aliphatic heterocycles. The Morgan fingerprint density at radius 2 is 1.97 bits per heavy atom. The fourth-order valence-electron chi connectivity index (χ4n) is 3.88. The molecule has 1 amide bonds. The second-order valence-electron chi connectivity index (χ2n) is 9.18. The van der Waals surface area contributed by atoms with Gasteiger partial charge in [0.05, 0.1) is 22.6 Å². The van der Waals surface area contributed by atoms with Crippen molar-refractivity contribution in [1.29, 1.82) is 0 Å². The molecule has 3 unspecified atom stereocenters. The molecule has 0 saturated heterocycles. The molecule has 3 rings (SSSR count). The van der Waals surface area contributed by atoms with Crippen LogP contribution in [0.4, 0.5) is 29.5 Å². The van der Waals surface area contributed by atoms with Crippen molar-refractivity contribution in [3.05, 3.63) is 35.1 Å². The van der Waals surface area contributed by atoms with Crippen LogP contribution in [0.25, 0.3) is 0 Å². The van der Waals surface area contributed by atoms with Gasteiger partial charge in [-0.2, -0.15) is 13.2 Å². The van der Waals surface area contributed by atoms with E-state index in [0.717, 1.165) is 0 Å². The molecule has 3 atom stereocenters. The first-order valence-electron chi connectivity index (χ1n) is 10.6. The van der Waals surface area contributed by atoms with Crippen LogP contribution in [0.15, 0.2) is 34.3 Å². The average Bonchev–Trinajstić information content (AvgIpc) is 3.18. The van der Waals surface area contributed by atoms with Gasteiger partial charge < -0.3 is 21.5 Å². The van der Waals surface area contributed by atoms with Gasteiger partial charge in [-0.05, 0) is 58.1 Å². The number of rotatable bonds is 5. The number of nitrogens with two attached hydrogens (primary N) is 2. The van der Waals surface area contributed by atoms with Crippen LogP contribution in [0.3, 0.4) is 0 Å².